The van der Waals surface area contributed by atoms with Crippen LogP contribution < -0.4 is 10.6 Å². The van der Waals surface area contributed by atoms with Gasteiger partial charge >= 0.3 is 0 Å². The van der Waals surface area contributed by atoms with Crippen LogP contribution in [0.15, 0.2) is 4.99 Å². The van der Waals surface area contributed by atoms with E-state index in [9.17, 15) is 4.79 Å². The number of carbonyl (C=O) groups is 1. The molecular formula is C17H34N4O. The van der Waals surface area contributed by atoms with E-state index in [0.29, 0.717) is 17.8 Å². The van der Waals surface area contributed by atoms with Crippen molar-refractivity contribution in [1.82, 2.24) is 15.5 Å². The maximum atomic E-state index is 11.4. The van der Waals surface area contributed by atoms with Crippen LogP contribution in [0.3, 0.4) is 0 Å². The quantitative estimate of drug-likeness (QED) is 0.465. The summed E-state index contributed by atoms with van der Waals surface area (Å²) in [6, 6.07) is 0. The number of amides is 1. The van der Waals surface area contributed by atoms with Crippen molar-refractivity contribution >= 4 is 11.9 Å². The summed E-state index contributed by atoms with van der Waals surface area (Å²) in [6.45, 7) is 9.78. The summed E-state index contributed by atoms with van der Waals surface area (Å²) in [6.07, 6.45) is 5.16. The standard InChI is InChI=1S/C17H34N4O/c1-17(2,3)9-6-10-20-16(19-5)21-11-7-14(8-12-21)13-15(22)18-4/h14H,6-13H2,1-5H3,(H,18,22)(H,19,20). The van der Waals surface area contributed by atoms with E-state index in [1.54, 1.807) is 7.05 Å². The number of hydrogen-bond acceptors (Lipinski definition) is 2. The molecule has 0 aliphatic carbocycles. The molecule has 0 aromatic rings. The van der Waals surface area contributed by atoms with Crippen molar-refractivity contribution in [3.63, 3.8) is 0 Å². The number of piperidine rings is 1. The highest BCUT2D eigenvalue weighted by atomic mass is 16.1. The van der Waals surface area contributed by atoms with E-state index in [-0.39, 0.29) is 5.91 Å². The molecule has 0 atom stereocenters. The third-order valence-electron chi connectivity index (χ3n) is 4.27. The topological polar surface area (TPSA) is 56.7 Å². The number of likely N-dealkylation sites (tertiary alicyclic amines) is 1. The molecule has 0 aromatic heterocycles. The lowest BCUT2D eigenvalue weighted by molar-refractivity contribution is -0.121. The fourth-order valence-electron chi connectivity index (χ4n) is 2.86. The van der Waals surface area contributed by atoms with Gasteiger partial charge in [-0.05, 0) is 37.0 Å². The van der Waals surface area contributed by atoms with Gasteiger partial charge in [0.1, 0.15) is 0 Å². The van der Waals surface area contributed by atoms with Crippen LogP contribution in [0.4, 0.5) is 0 Å². The van der Waals surface area contributed by atoms with E-state index in [1.807, 2.05) is 7.05 Å². The lowest BCUT2D eigenvalue weighted by Crippen LogP contribution is -2.46. The molecule has 1 heterocycles. The lowest BCUT2D eigenvalue weighted by Gasteiger charge is -2.34. The summed E-state index contributed by atoms with van der Waals surface area (Å²) >= 11 is 0. The van der Waals surface area contributed by atoms with E-state index in [0.717, 1.165) is 44.9 Å². The van der Waals surface area contributed by atoms with Gasteiger partial charge in [0.2, 0.25) is 5.91 Å². The van der Waals surface area contributed by atoms with Crippen LogP contribution in [0.5, 0.6) is 0 Å². The fourth-order valence-corrected chi connectivity index (χ4v) is 2.86. The molecule has 1 fully saturated rings. The lowest BCUT2D eigenvalue weighted by atomic mass is 9.91. The number of aliphatic imine (C=N–C) groups is 1. The van der Waals surface area contributed by atoms with Crippen LogP contribution >= 0.6 is 0 Å². The molecule has 0 saturated carbocycles. The summed E-state index contributed by atoms with van der Waals surface area (Å²) in [7, 11) is 3.56. The van der Waals surface area contributed by atoms with Gasteiger partial charge in [-0.25, -0.2) is 0 Å². The highest BCUT2D eigenvalue weighted by Gasteiger charge is 2.23. The molecule has 1 aliphatic heterocycles. The van der Waals surface area contributed by atoms with Gasteiger partial charge in [-0.2, -0.15) is 0 Å². The zero-order valence-corrected chi connectivity index (χ0v) is 15.0. The average Bonchev–Trinajstić information content (AvgIpc) is 2.47. The molecule has 22 heavy (non-hydrogen) atoms. The number of rotatable bonds is 5. The zero-order valence-electron chi connectivity index (χ0n) is 15.0. The predicted molar refractivity (Wildman–Crippen MR) is 93.0 cm³/mol. The van der Waals surface area contributed by atoms with Crippen molar-refractivity contribution in [2.45, 2.75) is 52.9 Å². The maximum Gasteiger partial charge on any atom is 0.220 e. The highest BCUT2D eigenvalue weighted by Crippen LogP contribution is 2.21. The molecule has 0 spiro atoms. The van der Waals surface area contributed by atoms with Gasteiger partial charge in [0.05, 0.1) is 0 Å². The molecule has 1 rings (SSSR count). The van der Waals surface area contributed by atoms with Crippen molar-refractivity contribution in [1.29, 1.82) is 0 Å². The minimum atomic E-state index is 0.156. The summed E-state index contributed by atoms with van der Waals surface area (Å²) in [5.74, 6) is 1.67. The molecule has 128 valence electrons. The van der Waals surface area contributed by atoms with Crippen LogP contribution in [-0.2, 0) is 4.79 Å². The first-order valence-corrected chi connectivity index (χ1v) is 8.52. The average molecular weight is 310 g/mol. The third-order valence-corrected chi connectivity index (χ3v) is 4.27. The highest BCUT2D eigenvalue weighted by molar-refractivity contribution is 5.80. The molecule has 1 amide bonds. The van der Waals surface area contributed by atoms with Crippen molar-refractivity contribution in [3.8, 4) is 0 Å². The van der Waals surface area contributed by atoms with Gasteiger partial charge in [0.15, 0.2) is 5.96 Å². The molecule has 5 nitrogen and oxygen atoms in total. The smallest absolute Gasteiger partial charge is 0.220 e. The first kappa shape index (κ1) is 18.8. The Labute approximate surface area is 135 Å². The van der Waals surface area contributed by atoms with Crippen molar-refractivity contribution in [3.05, 3.63) is 0 Å². The molecule has 0 radical (unpaired) electrons. The van der Waals surface area contributed by atoms with Crippen molar-refractivity contribution < 1.29 is 4.79 Å². The number of hydrogen-bond donors (Lipinski definition) is 2. The first-order valence-electron chi connectivity index (χ1n) is 8.52. The summed E-state index contributed by atoms with van der Waals surface area (Å²) in [5, 5.41) is 6.19. The molecule has 1 saturated heterocycles. The second-order valence-corrected chi connectivity index (χ2v) is 7.45. The van der Waals surface area contributed by atoms with E-state index in [4.69, 9.17) is 0 Å². The number of nitrogens with zero attached hydrogens (tertiary/aromatic N) is 2. The van der Waals surface area contributed by atoms with Gasteiger partial charge < -0.3 is 15.5 Å². The normalized spacial score (nSPS) is 17.5. The monoisotopic (exact) mass is 310 g/mol. The van der Waals surface area contributed by atoms with Crippen LogP contribution in [0, 0.1) is 11.3 Å². The van der Waals surface area contributed by atoms with Crippen LogP contribution in [0.25, 0.3) is 0 Å². The Balaban J connectivity index is 2.30. The van der Waals surface area contributed by atoms with Gasteiger partial charge in [0, 0.05) is 40.2 Å². The van der Waals surface area contributed by atoms with Gasteiger partial charge in [0.25, 0.3) is 0 Å². The third kappa shape index (κ3) is 7.14. The Morgan fingerprint density at radius 2 is 1.91 bits per heavy atom. The SMILES string of the molecule is CN=C(NCCCC(C)(C)C)N1CCC(CC(=O)NC)CC1. The number of nitrogens with one attached hydrogen (secondary N) is 2. The summed E-state index contributed by atoms with van der Waals surface area (Å²) in [5.41, 5.74) is 0.392. The Morgan fingerprint density at radius 1 is 1.27 bits per heavy atom. The van der Waals surface area contributed by atoms with Crippen molar-refractivity contribution in [2.75, 3.05) is 33.7 Å². The van der Waals surface area contributed by atoms with Gasteiger partial charge in [-0.15, -0.1) is 0 Å². The number of carbonyl (C=O) groups excluding carboxylic acids is 1. The summed E-state index contributed by atoms with van der Waals surface area (Å²) < 4.78 is 0. The van der Waals surface area contributed by atoms with Gasteiger partial charge in [-0.1, -0.05) is 20.8 Å². The zero-order chi connectivity index (χ0) is 16.6. The minimum absolute atomic E-state index is 0.156. The molecule has 0 aromatic carbocycles. The first-order chi connectivity index (χ1) is 10.4. The largest absolute Gasteiger partial charge is 0.359 e. The van der Waals surface area contributed by atoms with E-state index >= 15 is 0 Å². The fraction of sp³-hybridized carbons (Fsp3) is 0.882. The van der Waals surface area contributed by atoms with Crippen LogP contribution in [-0.4, -0.2) is 50.5 Å². The Kier molecular flexibility index (Phi) is 7.69. The Bertz CT molecular complexity index is 365. The van der Waals surface area contributed by atoms with Crippen molar-refractivity contribution in [2.24, 2.45) is 16.3 Å². The van der Waals surface area contributed by atoms with E-state index in [1.165, 1.54) is 6.42 Å². The maximum absolute atomic E-state index is 11.4. The Morgan fingerprint density at radius 3 is 2.41 bits per heavy atom. The predicted octanol–water partition coefficient (Wildman–Crippen LogP) is 2.24. The molecule has 0 unspecified atom stereocenters. The minimum Gasteiger partial charge on any atom is -0.359 e. The summed E-state index contributed by atoms with van der Waals surface area (Å²) in [4.78, 5) is 18.2. The van der Waals surface area contributed by atoms with Gasteiger partial charge in [-0.3, -0.25) is 9.79 Å². The molecule has 5 heteroatoms. The second-order valence-electron chi connectivity index (χ2n) is 7.45. The number of guanidine groups is 1. The Hall–Kier alpha value is -1.26. The second kappa shape index (κ2) is 9.01. The van der Waals surface area contributed by atoms with Crippen LogP contribution in [0.1, 0.15) is 52.9 Å². The molecule has 0 bridgehead atoms. The van der Waals surface area contributed by atoms with E-state index in [2.05, 4.69) is 41.3 Å². The van der Waals surface area contributed by atoms with Crippen LogP contribution in [0.2, 0.25) is 0 Å². The molecule has 1 aliphatic rings. The molecular weight excluding hydrogens is 276 g/mol. The van der Waals surface area contributed by atoms with E-state index < -0.39 is 0 Å². The molecule has 2 N–H and O–H groups in total.